The first-order valence-corrected chi connectivity index (χ1v) is 5.99. The van der Waals surface area contributed by atoms with Gasteiger partial charge in [0.2, 0.25) is 0 Å². The van der Waals surface area contributed by atoms with Crippen LogP contribution < -0.4 is 10.6 Å². The molecule has 0 aliphatic heterocycles. The molecule has 0 heterocycles. The number of nitriles is 1. The largest absolute Gasteiger partial charge is 0.444 e. The van der Waals surface area contributed by atoms with Crippen LogP contribution in [0.5, 0.6) is 0 Å². The SMILES string of the molecule is CC(C)(C)OC(=O)NCC(C#N)NCCCN=[N+]=[N-]. The molecular weight excluding hydrogens is 248 g/mol. The van der Waals surface area contributed by atoms with E-state index in [4.69, 9.17) is 15.5 Å². The molecule has 2 N–H and O–H groups in total. The van der Waals surface area contributed by atoms with Crippen LogP contribution in [0.1, 0.15) is 27.2 Å². The number of ether oxygens (including phenoxy) is 1. The molecule has 19 heavy (non-hydrogen) atoms. The van der Waals surface area contributed by atoms with E-state index in [-0.39, 0.29) is 6.54 Å². The summed E-state index contributed by atoms with van der Waals surface area (Å²) < 4.78 is 5.05. The van der Waals surface area contributed by atoms with Crippen molar-refractivity contribution in [2.75, 3.05) is 19.6 Å². The van der Waals surface area contributed by atoms with Crippen molar-refractivity contribution in [3.05, 3.63) is 10.4 Å². The first kappa shape index (κ1) is 17.0. The molecule has 0 aromatic rings. The number of rotatable bonds is 7. The summed E-state index contributed by atoms with van der Waals surface area (Å²) in [7, 11) is 0. The summed E-state index contributed by atoms with van der Waals surface area (Å²) in [4.78, 5) is 14.0. The van der Waals surface area contributed by atoms with Gasteiger partial charge in [0, 0.05) is 18.0 Å². The smallest absolute Gasteiger partial charge is 0.407 e. The first-order chi connectivity index (χ1) is 8.89. The summed E-state index contributed by atoms with van der Waals surface area (Å²) in [5.41, 5.74) is 7.52. The zero-order valence-corrected chi connectivity index (χ0v) is 11.5. The van der Waals surface area contributed by atoms with Gasteiger partial charge in [-0.3, -0.25) is 0 Å². The van der Waals surface area contributed by atoms with E-state index in [2.05, 4.69) is 20.7 Å². The molecular formula is C11H20N6O2. The van der Waals surface area contributed by atoms with Gasteiger partial charge < -0.3 is 15.4 Å². The van der Waals surface area contributed by atoms with Crippen LogP contribution in [0.3, 0.4) is 0 Å². The Bertz CT molecular complexity index is 364. The molecule has 0 saturated heterocycles. The first-order valence-electron chi connectivity index (χ1n) is 5.99. The lowest BCUT2D eigenvalue weighted by atomic mass is 10.2. The van der Waals surface area contributed by atoms with E-state index < -0.39 is 17.7 Å². The normalized spacial score (nSPS) is 11.9. The summed E-state index contributed by atoms with van der Waals surface area (Å²) in [6.07, 6.45) is 0.0814. The maximum atomic E-state index is 11.4. The number of carbonyl (C=O) groups is 1. The van der Waals surface area contributed by atoms with Gasteiger partial charge in [0.25, 0.3) is 0 Å². The van der Waals surface area contributed by atoms with Crippen LogP contribution >= 0.6 is 0 Å². The van der Waals surface area contributed by atoms with Crippen molar-refractivity contribution in [2.24, 2.45) is 5.11 Å². The topological polar surface area (TPSA) is 123 Å². The van der Waals surface area contributed by atoms with Crippen LogP contribution in [-0.2, 0) is 4.74 Å². The zero-order chi connectivity index (χ0) is 14.7. The monoisotopic (exact) mass is 268 g/mol. The molecule has 0 rings (SSSR count). The fourth-order valence-electron chi connectivity index (χ4n) is 1.13. The van der Waals surface area contributed by atoms with E-state index >= 15 is 0 Å². The Kier molecular flexibility index (Phi) is 8.09. The number of amides is 1. The van der Waals surface area contributed by atoms with Gasteiger partial charge in [-0.25, -0.2) is 4.79 Å². The molecule has 0 spiro atoms. The number of hydrogen-bond donors (Lipinski definition) is 2. The molecule has 0 aromatic heterocycles. The molecule has 0 radical (unpaired) electrons. The molecule has 0 aliphatic rings. The quantitative estimate of drug-likeness (QED) is 0.315. The maximum Gasteiger partial charge on any atom is 0.407 e. The molecule has 106 valence electrons. The van der Waals surface area contributed by atoms with Crippen molar-refractivity contribution in [3.63, 3.8) is 0 Å². The molecule has 8 nitrogen and oxygen atoms in total. The lowest BCUT2D eigenvalue weighted by Gasteiger charge is -2.20. The summed E-state index contributed by atoms with van der Waals surface area (Å²) in [5.74, 6) is 0. The van der Waals surface area contributed by atoms with Crippen molar-refractivity contribution in [3.8, 4) is 6.07 Å². The second kappa shape index (κ2) is 9.03. The number of nitrogens with zero attached hydrogens (tertiary/aromatic N) is 4. The molecule has 0 saturated carbocycles. The number of azide groups is 1. The standard InChI is InChI=1S/C11H20N6O2/c1-11(2,3)19-10(18)15-8-9(7-12)14-5-4-6-16-17-13/h9,14H,4-6,8H2,1-3H3,(H,15,18). The fourth-order valence-corrected chi connectivity index (χ4v) is 1.13. The predicted molar refractivity (Wildman–Crippen MR) is 70.3 cm³/mol. The number of nitrogens with one attached hydrogen (secondary N) is 2. The van der Waals surface area contributed by atoms with Gasteiger partial charge in [-0.15, -0.1) is 0 Å². The Morgan fingerprint density at radius 3 is 2.79 bits per heavy atom. The van der Waals surface area contributed by atoms with E-state index in [1.54, 1.807) is 20.8 Å². The molecule has 0 fully saturated rings. The van der Waals surface area contributed by atoms with Gasteiger partial charge in [0.15, 0.2) is 0 Å². The van der Waals surface area contributed by atoms with Crippen LogP contribution in [-0.4, -0.2) is 37.4 Å². The second-order valence-electron chi connectivity index (χ2n) is 4.83. The third-order valence-corrected chi connectivity index (χ3v) is 1.89. The van der Waals surface area contributed by atoms with E-state index in [1.165, 1.54) is 0 Å². The average molecular weight is 268 g/mol. The molecule has 0 bridgehead atoms. The highest BCUT2D eigenvalue weighted by molar-refractivity contribution is 5.67. The molecule has 0 aromatic carbocycles. The van der Waals surface area contributed by atoms with Gasteiger partial charge in [-0.1, -0.05) is 5.11 Å². The van der Waals surface area contributed by atoms with Crippen LogP contribution in [0, 0.1) is 11.3 Å². The number of carbonyl (C=O) groups excluding carboxylic acids is 1. The number of alkyl carbamates (subject to hydrolysis) is 1. The molecule has 1 atom stereocenters. The second-order valence-corrected chi connectivity index (χ2v) is 4.83. The third kappa shape index (κ3) is 10.9. The van der Waals surface area contributed by atoms with Crippen molar-refractivity contribution in [1.29, 1.82) is 5.26 Å². The Morgan fingerprint density at radius 2 is 2.26 bits per heavy atom. The van der Waals surface area contributed by atoms with E-state index in [0.29, 0.717) is 19.5 Å². The molecule has 1 amide bonds. The highest BCUT2D eigenvalue weighted by Gasteiger charge is 2.17. The van der Waals surface area contributed by atoms with Gasteiger partial charge in [0.1, 0.15) is 11.6 Å². The van der Waals surface area contributed by atoms with Crippen molar-refractivity contribution in [2.45, 2.75) is 38.8 Å². The van der Waals surface area contributed by atoms with Gasteiger partial charge in [-0.05, 0) is 39.3 Å². The fraction of sp³-hybridized carbons (Fsp3) is 0.818. The van der Waals surface area contributed by atoms with Crippen LogP contribution in [0.2, 0.25) is 0 Å². The summed E-state index contributed by atoms with van der Waals surface area (Å²) in [6, 6.07) is 1.53. The van der Waals surface area contributed by atoms with Crippen molar-refractivity contribution >= 4 is 6.09 Å². The van der Waals surface area contributed by atoms with Gasteiger partial charge >= 0.3 is 6.09 Å². The molecule has 1 unspecified atom stereocenters. The summed E-state index contributed by atoms with van der Waals surface area (Å²) in [5, 5.41) is 17.7. The average Bonchev–Trinajstić information content (AvgIpc) is 2.30. The van der Waals surface area contributed by atoms with Crippen LogP contribution in [0.15, 0.2) is 5.11 Å². The van der Waals surface area contributed by atoms with Crippen LogP contribution in [0.25, 0.3) is 10.4 Å². The van der Waals surface area contributed by atoms with E-state index in [1.807, 2.05) is 6.07 Å². The summed E-state index contributed by atoms with van der Waals surface area (Å²) in [6.45, 7) is 6.37. The lowest BCUT2D eigenvalue weighted by Crippen LogP contribution is -2.42. The van der Waals surface area contributed by atoms with E-state index in [0.717, 1.165) is 0 Å². The van der Waals surface area contributed by atoms with Gasteiger partial charge in [0.05, 0.1) is 6.07 Å². The Morgan fingerprint density at radius 1 is 1.58 bits per heavy atom. The molecule has 8 heteroatoms. The highest BCUT2D eigenvalue weighted by atomic mass is 16.6. The van der Waals surface area contributed by atoms with Crippen LogP contribution in [0.4, 0.5) is 4.79 Å². The Hall–Kier alpha value is -1.97. The minimum Gasteiger partial charge on any atom is -0.444 e. The summed E-state index contributed by atoms with van der Waals surface area (Å²) >= 11 is 0. The highest BCUT2D eigenvalue weighted by Crippen LogP contribution is 2.06. The van der Waals surface area contributed by atoms with Crippen molar-refractivity contribution < 1.29 is 9.53 Å². The minimum atomic E-state index is -0.561. The predicted octanol–water partition coefficient (Wildman–Crippen LogP) is 1.69. The van der Waals surface area contributed by atoms with Crippen molar-refractivity contribution in [1.82, 2.24) is 10.6 Å². The van der Waals surface area contributed by atoms with E-state index in [9.17, 15) is 4.79 Å². The maximum absolute atomic E-state index is 11.4. The third-order valence-electron chi connectivity index (χ3n) is 1.89. The lowest BCUT2D eigenvalue weighted by molar-refractivity contribution is 0.0525. The number of hydrogen-bond acceptors (Lipinski definition) is 5. The minimum absolute atomic E-state index is 0.160. The Labute approximate surface area is 112 Å². The Balaban J connectivity index is 3.85. The molecule has 0 aliphatic carbocycles. The van der Waals surface area contributed by atoms with Gasteiger partial charge in [-0.2, -0.15) is 5.26 Å². The zero-order valence-electron chi connectivity index (χ0n) is 11.5.